The van der Waals surface area contributed by atoms with Gasteiger partial charge in [-0.1, -0.05) is 54.6 Å². The van der Waals surface area contributed by atoms with Gasteiger partial charge in [-0.2, -0.15) is 0 Å². The topological polar surface area (TPSA) is 110 Å². The number of halogens is 1. The summed E-state index contributed by atoms with van der Waals surface area (Å²) in [6.07, 6.45) is -1.68. The smallest absolute Gasteiger partial charge is 0.308 e. The molecule has 1 heterocycles. The van der Waals surface area contributed by atoms with E-state index in [1.165, 1.54) is 12.1 Å². The maximum Gasteiger partial charge on any atom is 0.308 e. The van der Waals surface area contributed by atoms with Crippen LogP contribution in [0.25, 0.3) is 22.3 Å². The molecule has 0 aliphatic rings. The molecule has 4 rings (SSSR count). The van der Waals surface area contributed by atoms with Crippen molar-refractivity contribution < 1.29 is 33.7 Å². The molecule has 0 radical (unpaired) electrons. The average molecular weight is 659 g/mol. The predicted octanol–water partition coefficient (Wildman–Crippen LogP) is 7.26. The molecule has 1 aromatic heterocycles. The summed E-state index contributed by atoms with van der Waals surface area (Å²) in [5.74, 6) is -0.469. The van der Waals surface area contributed by atoms with Crippen LogP contribution in [0.3, 0.4) is 0 Å². The van der Waals surface area contributed by atoms with Crippen molar-refractivity contribution in [2.45, 2.75) is 90.7 Å². The van der Waals surface area contributed by atoms with Crippen molar-refractivity contribution >= 4 is 11.9 Å². The van der Waals surface area contributed by atoms with E-state index in [1.54, 1.807) is 40.0 Å². The van der Waals surface area contributed by atoms with Gasteiger partial charge in [0.25, 0.3) is 5.91 Å². The molecule has 256 valence electrons. The van der Waals surface area contributed by atoms with E-state index in [1.807, 2.05) is 73.0 Å². The molecule has 3 N–H and O–H groups in total. The van der Waals surface area contributed by atoms with Crippen molar-refractivity contribution in [1.29, 1.82) is 0 Å². The Balaban J connectivity index is 1.74. The lowest BCUT2D eigenvalue weighted by molar-refractivity contribution is -0.157. The number of methoxy groups -OCH3 is 1. The van der Waals surface area contributed by atoms with Crippen molar-refractivity contribution in [3.05, 3.63) is 102 Å². The maximum atomic E-state index is 14.3. The zero-order chi connectivity index (χ0) is 35.0. The second kappa shape index (κ2) is 16.1. The Hall–Kier alpha value is -4.47. The van der Waals surface area contributed by atoms with Gasteiger partial charge < -0.3 is 29.6 Å². The van der Waals surface area contributed by atoms with Gasteiger partial charge in [-0.3, -0.25) is 9.59 Å². The van der Waals surface area contributed by atoms with Gasteiger partial charge in [0.05, 0.1) is 25.7 Å². The summed E-state index contributed by atoms with van der Waals surface area (Å²) in [6, 6.07) is 23.1. The molecule has 0 aliphatic carbocycles. The fourth-order valence-electron chi connectivity index (χ4n) is 5.89. The van der Waals surface area contributed by atoms with Crippen LogP contribution in [-0.2, 0) is 22.5 Å². The minimum absolute atomic E-state index is 0.0196. The predicted molar refractivity (Wildman–Crippen MR) is 185 cm³/mol. The Kier molecular flexibility index (Phi) is 12.2. The molecule has 2 atom stereocenters. The number of aromatic nitrogens is 1. The fraction of sp³-hybridized carbons (Fsp3) is 0.385. The maximum absolute atomic E-state index is 14.3. The Morgan fingerprint density at radius 2 is 1.50 bits per heavy atom. The SMILES string of the molecule is COc1ccc(CNC(=O)c2c(-c3ccccc3)c(-c3ccc(F)cc3)c(CCC(O)CC(O)CC(=O)OC(C)(C)C)n2C(C)C)cc1. The number of hydrogen-bond donors (Lipinski definition) is 3. The third kappa shape index (κ3) is 9.55. The van der Waals surface area contributed by atoms with E-state index in [9.17, 15) is 24.2 Å². The molecule has 0 spiro atoms. The van der Waals surface area contributed by atoms with Gasteiger partial charge in [-0.25, -0.2) is 4.39 Å². The van der Waals surface area contributed by atoms with Crippen LogP contribution in [0.15, 0.2) is 78.9 Å². The van der Waals surface area contributed by atoms with Crippen LogP contribution in [0.2, 0.25) is 0 Å². The van der Waals surface area contributed by atoms with Crippen LogP contribution in [0, 0.1) is 5.82 Å². The largest absolute Gasteiger partial charge is 0.497 e. The van der Waals surface area contributed by atoms with Crippen LogP contribution < -0.4 is 10.1 Å². The summed E-state index contributed by atoms with van der Waals surface area (Å²) in [5.41, 5.74) is 4.51. The number of nitrogens with one attached hydrogen (secondary N) is 1. The second-order valence-corrected chi connectivity index (χ2v) is 13.3. The first-order chi connectivity index (χ1) is 22.8. The van der Waals surface area contributed by atoms with Crippen molar-refractivity contribution in [3.8, 4) is 28.0 Å². The molecule has 9 heteroatoms. The molecule has 4 aromatic rings. The Morgan fingerprint density at radius 1 is 0.875 bits per heavy atom. The zero-order valence-corrected chi connectivity index (χ0v) is 28.6. The van der Waals surface area contributed by atoms with Gasteiger partial charge in [-0.15, -0.1) is 0 Å². The van der Waals surface area contributed by atoms with Crippen LogP contribution >= 0.6 is 0 Å². The quantitative estimate of drug-likeness (QED) is 0.123. The van der Waals surface area contributed by atoms with Gasteiger partial charge in [0.1, 0.15) is 22.9 Å². The number of ether oxygens (including phenoxy) is 2. The first-order valence-corrected chi connectivity index (χ1v) is 16.3. The molecule has 2 unspecified atom stereocenters. The summed E-state index contributed by atoms with van der Waals surface area (Å²) in [7, 11) is 1.60. The van der Waals surface area contributed by atoms with Crippen LogP contribution in [0.1, 0.15) is 81.7 Å². The summed E-state index contributed by atoms with van der Waals surface area (Å²) < 4.78 is 26.7. The van der Waals surface area contributed by atoms with E-state index in [2.05, 4.69) is 5.32 Å². The summed E-state index contributed by atoms with van der Waals surface area (Å²) in [5, 5.41) is 24.7. The molecule has 0 saturated heterocycles. The standard InChI is InChI=1S/C39H47FN2O6/c1-25(2)42-33(21-18-30(43)22-31(44)23-34(45)48-39(3,4)5)35(28-14-16-29(40)17-15-28)36(27-10-8-7-9-11-27)37(42)38(46)41-24-26-12-19-32(47-6)20-13-26/h7-17,19-20,25,30-31,43-44H,18,21-24H2,1-6H3,(H,41,46). The van der Waals surface area contributed by atoms with E-state index in [0.29, 0.717) is 17.7 Å². The van der Waals surface area contributed by atoms with Gasteiger partial charge in [0.2, 0.25) is 0 Å². The van der Waals surface area contributed by atoms with E-state index >= 15 is 0 Å². The molecule has 0 bridgehead atoms. The molecule has 0 saturated carbocycles. The first kappa shape index (κ1) is 36.4. The van der Waals surface area contributed by atoms with Crippen molar-refractivity contribution in [3.63, 3.8) is 0 Å². The van der Waals surface area contributed by atoms with Gasteiger partial charge >= 0.3 is 5.97 Å². The molecule has 8 nitrogen and oxygen atoms in total. The Labute approximate surface area is 282 Å². The number of carbonyl (C=O) groups is 2. The number of hydrogen-bond acceptors (Lipinski definition) is 6. The third-order valence-electron chi connectivity index (χ3n) is 7.93. The lowest BCUT2D eigenvalue weighted by Gasteiger charge is -2.22. The number of esters is 1. The highest BCUT2D eigenvalue weighted by atomic mass is 19.1. The van der Waals surface area contributed by atoms with Crippen molar-refractivity contribution in [2.75, 3.05) is 7.11 Å². The summed E-state index contributed by atoms with van der Waals surface area (Å²) in [6.45, 7) is 9.54. The number of amides is 1. The van der Waals surface area contributed by atoms with E-state index in [0.717, 1.165) is 33.7 Å². The Morgan fingerprint density at radius 3 is 2.08 bits per heavy atom. The molecular weight excluding hydrogens is 611 g/mol. The van der Waals surface area contributed by atoms with E-state index < -0.39 is 23.8 Å². The minimum Gasteiger partial charge on any atom is -0.497 e. The van der Waals surface area contributed by atoms with Crippen LogP contribution in [0.5, 0.6) is 5.75 Å². The third-order valence-corrected chi connectivity index (χ3v) is 7.93. The van der Waals surface area contributed by atoms with Gasteiger partial charge in [0.15, 0.2) is 0 Å². The molecule has 48 heavy (non-hydrogen) atoms. The highest BCUT2D eigenvalue weighted by molar-refractivity contribution is 6.05. The van der Waals surface area contributed by atoms with E-state index in [4.69, 9.17) is 9.47 Å². The molecule has 3 aromatic carbocycles. The molecule has 1 amide bonds. The number of nitrogens with zero attached hydrogens (tertiary/aromatic N) is 1. The lowest BCUT2D eigenvalue weighted by atomic mass is 9.92. The van der Waals surface area contributed by atoms with Crippen molar-refractivity contribution in [2.24, 2.45) is 0 Å². The monoisotopic (exact) mass is 658 g/mol. The van der Waals surface area contributed by atoms with Crippen LogP contribution in [-0.4, -0.2) is 51.6 Å². The summed E-state index contributed by atoms with van der Waals surface area (Å²) in [4.78, 5) is 26.5. The number of aliphatic hydroxyl groups excluding tert-OH is 2. The van der Waals surface area contributed by atoms with Crippen molar-refractivity contribution in [1.82, 2.24) is 9.88 Å². The molecule has 0 aliphatic heterocycles. The second-order valence-electron chi connectivity index (χ2n) is 13.3. The highest BCUT2D eigenvalue weighted by Crippen LogP contribution is 2.42. The molecular formula is C39H47FN2O6. The van der Waals surface area contributed by atoms with Crippen LogP contribution in [0.4, 0.5) is 4.39 Å². The lowest BCUT2D eigenvalue weighted by Crippen LogP contribution is -2.28. The minimum atomic E-state index is -1.08. The summed E-state index contributed by atoms with van der Waals surface area (Å²) >= 11 is 0. The van der Waals surface area contributed by atoms with Gasteiger partial charge in [-0.05, 0) is 94.8 Å². The first-order valence-electron chi connectivity index (χ1n) is 16.3. The zero-order valence-electron chi connectivity index (χ0n) is 28.6. The van der Waals surface area contributed by atoms with E-state index in [-0.39, 0.29) is 43.6 Å². The Bertz CT molecular complexity index is 1660. The fourth-order valence-corrected chi connectivity index (χ4v) is 5.89. The number of benzene rings is 3. The normalized spacial score (nSPS) is 12.9. The number of rotatable bonds is 14. The number of aliphatic hydroxyl groups is 2. The number of carbonyl (C=O) groups excluding carboxylic acids is 2. The van der Waals surface area contributed by atoms with Gasteiger partial charge in [0, 0.05) is 29.4 Å². The molecule has 0 fully saturated rings. The average Bonchev–Trinajstić information content (AvgIpc) is 3.38. The highest BCUT2D eigenvalue weighted by Gasteiger charge is 2.30.